The highest BCUT2D eigenvalue weighted by Gasteiger charge is 2.20. The van der Waals surface area contributed by atoms with Crippen LogP contribution < -0.4 is 4.72 Å². The van der Waals surface area contributed by atoms with E-state index in [4.69, 9.17) is 0 Å². The summed E-state index contributed by atoms with van der Waals surface area (Å²) < 4.78 is 31.1. The van der Waals surface area contributed by atoms with Crippen molar-refractivity contribution < 1.29 is 8.42 Å². The molecule has 1 N–H and O–H groups in total. The van der Waals surface area contributed by atoms with Gasteiger partial charge in [0, 0.05) is 39.0 Å². The zero-order chi connectivity index (χ0) is 19.6. The van der Waals surface area contributed by atoms with E-state index >= 15 is 0 Å². The van der Waals surface area contributed by atoms with Gasteiger partial charge < -0.3 is 4.57 Å². The molecule has 8 heteroatoms. The van der Waals surface area contributed by atoms with Crippen LogP contribution in [0.25, 0.3) is 11.3 Å². The molecule has 0 aliphatic carbocycles. The molecule has 0 amide bonds. The number of aryl methyl sites for hydroxylation is 2. The molecule has 2 heterocycles. The molecule has 0 radical (unpaired) electrons. The Balaban J connectivity index is 1.62. The van der Waals surface area contributed by atoms with Gasteiger partial charge in [0.1, 0.15) is 5.82 Å². The third-order valence-electron chi connectivity index (χ3n) is 4.46. The molecule has 0 fully saturated rings. The predicted octanol–water partition coefficient (Wildman–Crippen LogP) is 2.47. The van der Waals surface area contributed by atoms with E-state index in [1.54, 1.807) is 17.0 Å². The molecule has 3 rings (SSSR count). The largest absolute Gasteiger partial charge is 0.336 e. The average molecular weight is 388 g/mol. The quantitative estimate of drug-likeness (QED) is 0.675. The number of imidazole rings is 1. The number of hydrogen-bond acceptors (Lipinski definition) is 4. The lowest BCUT2D eigenvalue weighted by atomic mass is 10.1. The fourth-order valence-electron chi connectivity index (χ4n) is 3.02. The summed E-state index contributed by atoms with van der Waals surface area (Å²) in [4.78, 5) is 4.26. The zero-order valence-electron chi connectivity index (χ0n) is 16.0. The van der Waals surface area contributed by atoms with Gasteiger partial charge in [-0.1, -0.05) is 38.1 Å². The molecule has 0 aliphatic heterocycles. The molecular weight excluding hydrogens is 362 g/mol. The second-order valence-corrected chi connectivity index (χ2v) is 8.60. The van der Waals surface area contributed by atoms with Crippen LogP contribution in [0.5, 0.6) is 0 Å². The van der Waals surface area contributed by atoms with E-state index in [1.807, 2.05) is 63.0 Å². The number of benzene rings is 1. The number of hydrogen-bond donors (Lipinski definition) is 1. The topological polar surface area (TPSA) is 81.8 Å². The highest BCUT2D eigenvalue weighted by molar-refractivity contribution is 7.89. The van der Waals surface area contributed by atoms with Gasteiger partial charge in [-0.2, -0.15) is 5.10 Å². The van der Waals surface area contributed by atoms with Crippen LogP contribution in [0.2, 0.25) is 0 Å². The lowest BCUT2D eigenvalue weighted by molar-refractivity contribution is 0.578. The van der Waals surface area contributed by atoms with E-state index in [-0.39, 0.29) is 10.9 Å². The Morgan fingerprint density at radius 1 is 1.11 bits per heavy atom. The molecule has 1 aromatic carbocycles. The van der Waals surface area contributed by atoms with Crippen molar-refractivity contribution in [1.82, 2.24) is 24.1 Å². The van der Waals surface area contributed by atoms with Crippen LogP contribution in [-0.2, 0) is 30.5 Å². The summed E-state index contributed by atoms with van der Waals surface area (Å²) in [5.74, 6) is 0.915. The first-order chi connectivity index (χ1) is 12.8. The van der Waals surface area contributed by atoms with Gasteiger partial charge in [-0.15, -0.1) is 0 Å². The standard InChI is InChI=1S/C19H25N5O2S/c1-14(2)19-22-18(13-23(19)3)27(25,26)21-12-9-15-5-7-16(8-6-15)17-10-11-20-24(17)4/h5-8,10-11,13-14,21H,9,12H2,1-4H3. The Morgan fingerprint density at radius 2 is 1.81 bits per heavy atom. The Kier molecular flexibility index (Phi) is 5.48. The number of nitrogens with zero attached hydrogens (tertiary/aromatic N) is 4. The van der Waals surface area contributed by atoms with Crippen molar-refractivity contribution in [3.63, 3.8) is 0 Å². The van der Waals surface area contributed by atoms with Gasteiger partial charge in [-0.3, -0.25) is 4.68 Å². The molecule has 144 valence electrons. The number of rotatable bonds is 7. The fraction of sp³-hybridized carbons (Fsp3) is 0.368. The monoisotopic (exact) mass is 387 g/mol. The summed E-state index contributed by atoms with van der Waals surface area (Å²) in [6.07, 6.45) is 3.93. The van der Waals surface area contributed by atoms with E-state index in [0.29, 0.717) is 13.0 Å². The van der Waals surface area contributed by atoms with Gasteiger partial charge in [-0.05, 0) is 23.6 Å². The molecule has 0 spiro atoms. The average Bonchev–Trinajstić information content (AvgIpc) is 3.21. The molecule has 0 bridgehead atoms. The first-order valence-electron chi connectivity index (χ1n) is 8.88. The Morgan fingerprint density at radius 3 is 2.37 bits per heavy atom. The second kappa shape index (κ2) is 7.66. The van der Waals surface area contributed by atoms with Gasteiger partial charge in [0.05, 0.1) is 5.69 Å². The van der Waals surface area contributed by atoms with Crippen LogP contribution >= 0.6 is 0 Å². The molecule has 0 saturated heterocycles. The molecule has 27 heavy (non-hydrogen) atoms. The summed E-state index contributed by atoms with van der Waals surface area (Å²) in [5, 5.41) is 4.24. The first kappa shape index (κ1) is 19.3. The lowest BCUT2D eigenvalue weighted by Gasteiger charge is -2.06. The SMILES string of the molecule is CC(C)c1nc(S(=O)(=O)NCCc2ccc(-c3ccnn3C)cc2)cn1C. The maximum Gasteiger partial charge on any atom is 0.259 e. The minimum atomic E-state index is -3.61. The molecular formula is C19H25N5O2S. The Labute approximate surface area is 160 Å². The predicted molar refractivity (Wildman–Crippen MR) is 105 cm³/mol. The van der Waals surface area contributed by atoms with Crippen molar-refractivity contribution in [2.24, 2.45) is 14.1 Å². The van der Waals surface area contributed by atoms with E-state index in [2.05, 4.69) is 14.8 Å². The fourth-order valence-corrected chi connectivity index (χ4v) is 4.05. The summed E-state index contributed by atoms with van der Waals surface area (Å²) in [6.45, 7) is 4.30. The van der Waals surface area contributed by atoms with Gasteiger partial charge in [0.15, 0.2) is 5.03 Å². The summed E-state index contributed by atoms with van der Waals surface area (Å²) in [6, 6.07) is 10.0. The van der Waals surface area contributed by atoms with Crippen molar-refractivity contribution >= 4 is 10.0 Å². The Bertz CT molecular complexity index is 1020. The lowest BCUT2D eigenvalue weighted by Crippen LogP contribution is -2.26. The van der Waals surface area contributed by atoms with Crippen molar-refractivity contribution in [3.05, 3.63) is 54.1 Å². The Hall–Kier alpha value is -2.45. The maximum absolute atomic E-state index is 12.5. The number of nitrogens with one attached hydrogen (secondary N) is 1. The third kappa shape index (κ3) is 4.28. The van der Waals surface area contributed by atoms with Crippen LogP contribution in [0, 0.1) is 0 Å². The third-order valence-corrected chi connectivity index (χ3v) is 5.79. The summed E-state index contributed by atoms with van der Waals surface area (Å²) in [5.41, 5.74) is 3.18. The van der Waals surface area contributed by atoms with E-state index in [9.17, 15) is 8.42 Å². The van der Waals surface area contributed by atoms with Crippen LogP contribution in [-0.4, -0.2) is 34.3 Å². The molecule has 0 aliphatic rings. The maximum atomic E-state index is 12.5. The second-order valence-electron chi connectivity index (χ2n) is 6.89. The van der Waals surface area contributed by atoms with Crippen LogP contribution in [0.4, 0.5) is 0 Å². The molecule has 0 unspecified atom stereocenters. The number of sulfonamides is 1. The van der Waals surface area contributed by atoms with Gasteiger partial charge in [-0.25, -0.2) is 18.1 Å². The highest BCUT2D eigenvalue weighted by atomic mass is 32.2. The molecule has 0 atom stereocenters. The van der Waals surface area contributed by atoms with Gasteiger partial charge in [0.25, 0.3) is 10.0 Å². The van der Waals surface area contributed by atoms with E-state index < -0.39 is 10.0 Å². The minimum Gasteiger partial charge on any atom is -0.336 e. The first-order valence-corrected chi connectivity index (χ1v) is 10.4. The van der Waals surface area contributed by atoms with Crippen LogP contribution in [0.1, 0.15) is 31.2 Å². The smallest absolute Gasteiger partial charge is 0.259 e. The number of aromatic nitrogens is 4. The molecule has 7 nitrogen and oxygen atoms in total. The summed E-state index contributed by atoms with van der Waals surface area (Å²) >= 11 is 0. The zero-order valence-corrected chi connectivity index (χ0v) is 16.9. The van der Waals surface area contributed by atoms with Crippen molar-refractivity contribution in [1.29, 1.82) is 0 Å². The molecule has 3 aromatic rings. The van der Waals surface area contributed by atoms with Crippen molar-refractivity contribution in [3.8, 4) is 11.3 Å². The van der Waals surface area contributed by atoms with Gasteiger partial charge in [0.2, 0.25) is 0 Å². The molecule has 0 saturated carbocycles. The van der Waals surface area contributed by atoms with Gasteiger partial charge >= 0.3 is 0 Å². The van der Waals surface area contributed by atoms with Crippen LogP contribution in [0.3, 0.4) is 0 Å². The van der Waals surface area contributed by atoms with Crippen molar-refractivity contribution in [2.75, 3.05) is 6.54 Å². The highest BCUT2D eigenvalue weighted by Crippen LogP contribution is 2.19. The van der Waals surface area contributed by atoms with E-state index in [1.165, 1.54) is 0 Å². The minimum absolute atomic E-state index is 0.0697. The molecule has 2 aromatic heterocycles. The van der Waals surface area contributed by atoms with E-state index in [0.717, 1.165) is 22.6 Å². The summed E-state index contributed by atoms with van der Waals surface area (Å²) in [7, 11) is 0.105. The van der Waals surface area contributed by atoms with Crippen molar-refractivity contribution in [2.45, 2.75) is 31.2 Å². The normalized spacial score (nSPS) is 12.0. The van der Waals surface area contributed by atoms with Crippen LogP contribution in [0.15, 0.2) is 47.8 Å².